The minimum atomic E-state index is -0.487. The fourth-order valence-electron chi connectivity index (χ4n) is 1.32. The summed E-state index contributed by atoms with van der Waals surface area (Å²) in [6, 6.07) is 1.46. The van der Waals surface area contributed by atoms with E-state index in [1.807, 2.05) is 0 Å². The molecule has 0 amide bonds. The Morgan fingerprint density at radius 3 is 2.93 bits per heavy atom. The Bertz CT molecular complexity index is 497. The molecule has 0 aliphatic heterocycles. The Morgan fingerprint density at radius 1 is 1.57 bits per heavy atom. The monoisotopic (exact) mass is 277 g/mol. The molecule has 2 N–H and O–H groups in total. The van der Waals surface area contributed by atoms with Crippen LogP contribution < -0.4 is 5.73 Å². The van der Waals surface area contributed by atoms with Crippen LogP contribution in [0.25, 0.3) is 11.0 Å². The SMILES string of the molecule is NCc1coc2c(Br)cc(Cl)c(F)c12. The number of hydrogen-bond acceptors (Lipinski definition) is 2. The maximum absolute atomic E-state index is 13.6. The van der Waals surface area contributed by atoms with Gasteiger partial charge in [0.15, 0.2) is 11.4 Å². The quantitative estimate of drug-likeness (QED) is 0.812. The molecule has 0 bridgehead atoms. The molecule has 1 heterocycles. The van der Waals surface area contributed by atoms with Gasteiger partial charge >= 0.3 is 0 Å². The zero-order chi connectivity index (χ0) is 10.3. The minimum Gasteiger partial charge on any atom is -0.463 e. The summed E-state index contributed by atoms with van der Waals surface area (Å²) >= 11 is 8.93. The van der Waals surface area contributed by atoms with E-state index in [-0.39, 0.29) is 11.6 Å². The van der Waals surface area contributed by atoms with Gasteiger partial charge in [0.25, 0.3) is 0 Å². The highest BCUT2D eigenvalue weighted by Crippen LogP contribution is 2.34. The van der Waals surface area contributed by atoms with Gasteiger partial charge in [0.2, 0.25) is 0 Å². The average Bonchev–Trinajstić information content (AvgIpc) is 2.58. The molecule has 0 spiro atoms. The van der Waals surface area contributed by atoms with E-state index in [0.29, 0.717) is 21.0 Å². The Balaban J connectivity index is 2.92. The van der Waals surface area contributed by atoms with E-state index in [0.717, 1.165) is 0 Å². The van der Waals surface area contributed by atoms with Crippen LogP contribution >= 0.6 is 27.5 Å². The maximum atomic E-state index is 13.6. The summed E-state index contributed by atoms with van der Waals surface area (Å²) in [4.78, 5) is 0. The molecule has 1 aromatic heterocycles. The summed E-state index contributed by atoms with van der Waals surface area (Å²) in [6.45, 7) is 0.219. The van der Waals surface area contributed by atoms with Gasteiger partial charge in [-0.3, -0.25) is 0 Å². The number of hydrogen-bond donors (Lipinski definition) is 1. The maximum Gasteiger partial charge on any atom is 0.153 e. The van der Waals surface area contributed by atoms with Gasteiger partial charge in [-0.05, 0) is 22.0 Å². The molecule has 0 unspecified atom stereocenters. The van der Waals surface area contributed by atoms with Crippen molar-refractivity contribution in [3.63, 3.8) is 0 Å². The van der Waals surface area contributed by atoms with E-state index in [4.69, 9.17) is 21.8 Å². The van der Waals surface area contributed by atoms with Gasteiger partial charge in [0.05, 0.1) is 21.1 Å². The largest absolute Gasteiger partial charge is 0.463 e. The molecular formula is C9H6BrClFNO. The minimum absolute atomic E-state index is 0.0560. The average molecular weight is 279 g/mol. The summed E-state index contributed by atoms with van der Waals surface area (Å²) in [6.07, 6.45) is 1.44. The number of fused-ring (bicyclic) bond motifs is 1. The van der Waals surface area contributed by atoms with Crippen molar-refractivity contribution in [1.29, 1.82) is 0 Å². The van der Waals surface area contributed by atoms with E-state index >= 15 is 0 Å². The molecule has 0 aliphatic rings. The van der Waals surface area contributed by atoms with Crippen molar-refractivity contribution in [3.8, 4) is 0 Å². The van der Waals surface area contributed by atoms with Crippen LogP contribution in [0.4, 0.5) is 4.39 Å². The molecule has 0 saturated heterocycles. The van der Waals surface area contributed by atoms with Crippen LogP contribution in [0.15, 0.2) is 21.2 Å². The normalized spacial score (nSPS) is 11.1. The third kappa shape index (κ3) is 1.34. The summed E-state index contributed by atoms with van der Waals surface area (Å²) < 4.78 is 19.4. The molecule has 0 fully saturated rings. The molecule has 1 aromatic carbocycles. The summed E-state index contributed by atoms with van der Waals surface area (Å²) in [5.74, 6) is -0.487. The topological polar surface area (TPSA) is 39.2 Å². The molecule has 2 rings (SSSR count). The van der Waals surface area contributed by atoms with Gasteiger partial charge in [-0.15, -0.1) is 0 Å². The van der Waals surface area contributed by atoms with Crippen LogP contribution in [0.2, 0.25) is 5.02 Å². The molecule has 0 atom stereocenters. The van der Waals surface area contributed by atoms with Crippen LogP contribution in [0.1, 0.15) is 5.56 Å². The first kappa shape index (κ1) is 9.96. The second kappa shape index (κ2) is 3.53. The lowest BCUT2D eigenvalue weighted by Gasteiger charge is -1.99. The Morgan fingerprint density at radius 2 is 2.29 bits per heavy atom. The number of nitrogens with two attached hydrogens (primary N) is 1. The lowest BCUT2D eigenvalue weighted by atomic mass is 10.1. The highest BCUT2D eigenvalue weighted by molar-refractivity contribution is 9.10. The van der Waals surface area contributed by atoms with Gasteiger partial charge in [0, 0.05) is 12.1 Å². The molecular weight excluding hydrogens is 272 g/mol. The first-order chi connectivity index (χ1) is 6.65. The predicted octanol–water partition coefficient (Wildman–Crippen LogP) is 3.45. The van der Waals surface area contributed by atoms with Crippen molar-refractivity contribution in [2.24, 2.45) is 5.73 Å². The smallest absolute Gasteiger partial charge is 0.153 e. The Hall–Kier alpha value is -0.580. The zero-order valence-electron chi connectivity index (χ0n) is 6.98. The van der Waals surface area contributed by atoms with E-state index in [1.54, 1.807) is 0 Å². The van der Waals surface area contributed by atoms with Gasteiger partial charge in [-0.25, -0.2) is 4.39 Å². The zero-order valence-corrected chi connectivity index (χ0v) is 9.32. The van der Waals surface area contributed by atoms with Crippen molar-refractivity contribution in [3.05, 3.63) is 33.2 Å². The third-order valence-corrected chi connectivity index (χ3v) is 2.85. The second-order valence-electron chi connectivity index (χ2n) is 2.82. The molecule has 2 aromatic rings. The third-order valence-electron chi connectivity index (χ3n) is 1.99. The highest BCUT2D eigenvalue weighted by Gasteiger charge is 2.15. The van der Waals surface area contributed by atoms with Crippen LogP contribution in [0.5, 0.6) is 0 Å². The number of halogens is 3. The second-order valence-corrected chi connectivity index (χ2v) is 4.08. The molecule has 0 aliphatic carbocycles. The standard InChI is InChI=1S/C9H6BrClFNO/c10-5-1-6(11)8(12)7-4(2-13)3-14-9(5)7/h1,3H,2,13H2. The van der Waals surface area contributed by atoms with Crippen molar-refractivity contribution >= 4 is 38.5 Å². The summed E-state index contributed by atoms with van der Waals surface area (Å²) in [5.41, 5.74) is 6.49. The molecule has 5 heteroatoms. The lowest BCUT2D eigenvalue weighted by Crippen LogP contribution is -1.95. The van der Waals surface area contributed by atoms with Crippen LogP contribution in [-0.4, -0.2) is 0 Å². The number of benzene rings is 1. The summed E-state index contributed by atoms with van der Waals surface area (Å²) in [7, 11) is 0. The predicted molar refractivity (Wildman–Crippen MR) is 56.8 cm³/mol. The molecule has 0 radical (unpaired) electrons. The van der Waals surface area contributed by atoms with Gasteiger partial charge in [-0.2, -0.15) is 0 Å². The molecule has 14 heavy (non-hydrogen) atoms. The number of rotatable bonds is 1. The number of furan rings is 1. The Kier molecular flexibility index (Phi) is 2.51. The van der Waals surface area contributed by atoms with Gasteiger partial charge in [-0.1, -0.05) is 11.6 Å². The molecule has 0 saturated carbocycles. The highest BCUT2D eigenvalue weighted by atomic mass is 79.9. The van der Waals surface area contributed by atoms with E-state index in [9.17, 15) is 4.39 Å². The van der Waals surface area contributed by atoms with Crippen LogP contribution in [0.3, 0.4) is 0 Å². The first-order valence-corrected chi connectivity index (χ1v) is 5.06. The Labute approximate surface area is 92.9 Å². The summed E-state index contributed by atoms with van der Waals surface area (Å²) in [5, 5.41) is 0.410. The van der Waals surface area contributed by atoms with Crippen molar-refractivity contribution in [1.82, 2.24) is 0 Å². The van der Waals surface area contributed by atoms with Crippen LogP contribution in [-0.2, 0) is 6.54 Å². The first-order valence-electron chi connectivity index (χ1n) is 3.88. The molecule has 2 nitrogen and oxygen atoms in total. The van der Waals surface area contributed by atoms with E-state index < -0.39 is 5.82 Å². The van der Waals surface area contributed by atoms with Crippen LogP contribution in [0, 0.1) is 5.82 Å². The lowest BCUT2D eigenvalue weighted by molar-refractivity contribution is 0.605. The van der Waals surface area contributed by atoms with E-state index in [1.165, 1.54) is 12.3 Å². The van der Waals surface area contributed by atoms with Crippen molar-refractivity contribution in [2.45, 2.75) is 6.54 Å². The van der Waals surface area contributed by atoms with Crippen molar-refractivity contribution < 1.29 is 8.81 Å². The van der Waals surface area contributed by atoms with E-state index in [2.05, 4.69) is 15.9 Å². The van der Waals surface area contributed by atoms with Gasteiger partial charge in [0.1, 0.15) is 0 Å². The van der Waals surface area contributed by atoms with Crippen molar-refractivity contribution in [2.75, 3.05) is 0 Å². The van der Waals surface area contributed by atoms with Gasteiger partial charge < -0.3 is 10.2 Å². The fourth-order valence-corrected chi connectivity index (χ4v) is 2.18. The fraction of sp³-hybridized carbons (Fsp3) is 0.111. The molecule has 74 valence electrons.